The van der Waals surface area contributed by atoms with Crippen molar-refractivity contribution in [2.24, 2.45) is 0 Å². The SMILES string of the molecule is CCCc1nc(COc2cccc(OC)c2)sc1CO. The summed E-state index contributed by atoms with van der Waals surface area (Å²) in [5.74, 6) is 1.52. The highest BCUT2D eigenvalue weighted by molar-refractivity contribution is 7.11. The number of hydrogen-bond donors (Lipinski definition) is 1. The minimum absolute atomic E-state index is 0.0478. The van der Waals surface area contributed by atoms with Crippen LogP contribution in [-0.4, -0.2) is 17.2 Å². The highest BCUT2D eigenvalue weighted by Gasteiger charge is 2.10. The van der Waals surface area contributed by atoms with E-state index in [-0.39, 0.29) is 6.61 Å². The van der Waals surface area contributed by atoms with Gasteiger partial charge in [-0.2, -0.15) is 0 Å². The smallest absolute Gasteiger partial charge is 0.140 e. The van der Waals surface area contributed by atoms with Crippen molar-refractivity contribution in [1.82, 2.24) is 4.98 Å². The summed E-state index contributed by atoms with van der Waals surface area (Å²) in [4.78, 5) is 5.47. The number of aliphatic hydroxyl groups is 1. The zero-order valence-corrected chi connectivity index (χ0v) is 12.6. The van der Waals surface area contributed by atoms with E-state index in [2.05, 4.69) is 11.9 Å². The van der Waals surface area contributed by atoms with E-state index < -0.39 is 0 Å². The van der Waals surface area contributed by atoms with Gasteiger partial charge in [-0.25, -0.2) is 4.98 Å². The molecule has 0 aliphatic carbocycles. The first-order valence-corrected chi connectivity index (χ1v) is 7.43. The maximum atomic E-state index is 9.33. The molecule has 4 nitrogen and oxygen atoms in total. The summed E-state index contributed by atoms with van der Waals surface area (Å²) in [5, 5.41) is 10.2. The summed E-state index contributed by atoms with van der Waals surface area (Å²) >= 11 is 1.51. The fourth-order valence-electron chi connectivity index (χ4n) is 1.89. The predicted molar refractivity (Wildman–Crippen MR) is 79.4 cm³/mol. The van der Waals surface area contributed by atoms with E-state index in [1.54, 1.807) is 7.11 Å². The van der Waals surface area contributed by atoms with Gasteiger partial charge in [0.05, 0.1) is 24.3 Å². The third-order valence-corrected chi connectivity index (χ3v) is 3.91. The Balaban J connectivity index is 2.02. The molecule has 0 fully saturated rings. The average Bonchev–Trinajstić information content (AvgIpc) is 2.88. The Kier molecular flexibility index (Phi) is 5.38. The number of aliphatic hydroxyl groups excluding tert-OH is 1. The molecule has 0 aliphatic heterocycles. The van der Waals surface area contributed by atoms with Gasteiger partial charge in [0, 0.05) is 6.07 Å². The third-order valence-electron chi connectivity index (χ3n) is 2.86. The Morgan fingerprint density at radius 3 is 2.80 bits per heavy atom. The number of aryl methyl sites for hydroxylation is 1. The van der Waals surface area contributed by atoms with Crippen molar-refractivity contribution in [3.63, 3.8) is 0 Å². The summed E-state index contributed by atoms with van der Waals surface area (Å²) in [5.41, 5.74) is 0.990. The summed E-state index contributed by atoms with van der Waals surface area (Å²) in [6.07, 6.45) is 1.92. The van der Waals surface area contributed by atoms with Gasteiger partial charge in [0.2, 0.25) is 0 Å². The molecule has 1 heterocycles. The van der Waals surface area contributed by atoms with Crippen LogP contribution >= 0.6 is 11.3 Å². The first-order chi connectivity index (χ1) is 9.76. The Hall–Kier alpha value is -1.59. The Bertz CT molecular complexity index is 554. The number of aromatic nitrogens is 1. The molecule has 1 aromatic carbocycles. The standard InChI is InChI=1S/C15H19NO3S/c1-3-5-13-14(9-17)20-15(16-13)10-19-12-7-4-6-11(8-12)18-2/h4,6-8,17H,3,5,9-10H2,1-2H3. The van der Waals surface area contributed by atoms with Crippen molar-refractivity contribution in [3.8, 4) is 11.5 Å². The van der Waals surface area contributed by atoms with Crippen LogP contribution in [0.2, 0.25) is 0 Å². The van der Waals surface area contributed by atoms with E-state index in [1.807, 2.05) is 24.3 Å². The highest BCUT2D eigenvalue weighted by atomic mass is 32.1. The second-order valence-corrected chi connectivity index (χ2v) is 5.52. The summed E-state index contributed by atoms with van der Waals surface area (Å²) < 4.78 is 10.9. The van der Waals surface area contributed by atoms with Crippen molar-refractivity contribution in [2.45, 2.75) is 33.0 Å². The molecule has 0 bridgehead atoms. The van der Waals surface area contributed by atoms with E-state index in [0.717, 1.165) is 39.9 Å². The zero-order valence-electron chi connectivity index (χ0n) is 11.8. The van der Waals surface area contributed by atoms with E-state index >= 15 is 0 Å². The van der Waals surface area contributed by atoms with Crippen LogP contribution in [0, 0.1) is 0 Å². The lowest BCUT2D eigenvalue weighted by molar-refractivity contribution is 0.284. The summed E-state index contributed by atoms with van der Waals surface area (Å²) in [6, 6.07) is 7.49. The van der Waals surface area contributed by atoms with Gasteiger partial charge in [-0.3, -0.25) is 0 Å². The van der Waals surface area contributed by atoms with E-state index in [0.29, 0.717) is 6.61 Å². The van der Waals surface area contributed by atoms with Crippen molar-refractivity contribution >= 4 is 11.3 Å². The Labute approximate surface area is 123 Å². The maximum Gasteiger partial charge on any atom is 0.140 e. The second-order valence-electron chi connectivity index (χ2n) is 4.35. The van der Waals surface area contributed by atoms with Crippen molar-refractivity contribution in [2.75, 3.05) is 7.11 Å². The first kappa shape index (κ1) is 14.8. The molecular weight excluding hydrogens is 274 g/mol. The van der Waals surface area contributed by atoms with Gasteiger partial charge in [-0.1, -0.05) is 19.4 Å². The minimum atomic E-state index is 0.0478. The molecule has 0 saturated heterocycles. The molecule has 0 aliphatic rings. The van der Waals surface area contributed by atoms with Crippen molar-refractivity contribution in [3.05, 3.63) is 39.8 Å². The Morgan fingerprint density at radius 2 is 2.10 bits per heavy atom. The van der Waals surface area contributed by atoms with Gasteiger partial charge >= 0.3 is 0 Å². The zero-order chi connectivity index (χ0) is 14.4. The molecule has 0 saturated carbocycles. The van der Waals surface area contributed by atoms with Gasteiger partial charge in [-0.15, -0.1) is 11.3 Å². The number of rotatable bonds is 7. The molecule has 2 rings (SSSR count). The lowest BCUT2D eigenvalue weighted by Gasteiger charge is -2.05. The number of nitrogens with zero attached hydrogens (tertiary/aromatic N) is 1. The van der Waals surface area contributed by atoms with Crippen LogP contribution in [0.25, 0.3) is 0 Å². The van der Waals surface area contributed by atoms with Gasteiger partial charge in [0.15, 0.2) is 0 Å². The number of ether oxygens (including phenoxy) is 2. The quantitative estimate of drug-likeness (QED) is 0.852. The average molecular weight is 293 g/mol. The van der Waals surface area contributed by atoms with Crippen LogP contribution in [0.5, 0.6) is 11.5 Å². The van der Waals surface area contributed by atoms with E-state index in [9.17, 15) is 5.11 Å². The largest absolute Gasteiger partial charge is 0.497 e. The molecule has 0 radical (unpaired) electrons. The molecule has 20 heavy (non-hydrogen) atoms. The number of benzene rings is 1. The van der Waals surface area contributed by atoms with Crippen LogP contribution in [0.4, 0.5) is 0 Å². The topological polar surface area (TPSA) is 51.6 Å². The van der Waals surface area contributed by atoms with Crippen LogP contribution in [0.1, 0.15) is 28.9 Å². The lowest BCUT2D eigenvalue weighted by Crippen LogP contribution is -1.96. The molecule has 1 aromatic heterocycles. The van der Waals surface area contributed by atoms with E-state index in [1.165, 1.54) is 11.3 Å². The molecule has 0 amide bonds. The normalized spacial score (nSPS) is 10.6. The molecule has 5 heteroatoms. The van der Waals surface area contributed by atoms with Gasteiger partial charge < -0.3 is 14.6 Å². The molecule has 0 unspecified atom stereocenters. The number of hydrogen-bond acceptors (Lipinski definition) is 5. The van der Waals surface area contributed by atoms with Crippen LogP contribution in [0.3, 0.4) is 0 Å². The predicted octanol–water partition coefficient (Wildman–Crippen LogP) is 3.18. The van der Waals surface area contributed by atoms with Crippen LogP contribution < -0.4 is 9.47 Å². The molecule has 1 N–H and O–H groups in total. The maximum absolute atomic E-state index is 9.33. The molecular formula is C15H19NO3S. The minimum Gasteiger partial charge on any atom is -0.497 e. The van der Waals surface area contributed by atoms with Crippen molar-refractivity contribution in [1.29, 1.82) is 0 Å². The fourth-order valence-corrected chi connectivity index (χ4v) is 2.78. The third kappa shape index (κ3) is 3.71. The van der Waals surface area contributed by atoms with Crippen LogP contribution in [-0.2, 0) is 19.6 Å². The van der Waals surface area contributed by atoms with Crippen LogP contribution in [0.15, 0.2) is 24.3 Å². The number of thiazole rings is 1. The molecule has 108 valence electrons. The van der Waals surface area contributed by atoms with E-state index in [4.69, 9.17) is 9.47 Å². The highest BCUT2D eigenvalue weighted by Crippen LogP contribution is 2.23. The molecule has 0 atom stereocenters. The van der Waals surface area contributed by atoms with Gasteiger partial charge in [0.25, 0.3) is 0 Å². The monoisotopic (exact) mass is 293 g/mol. The summed E-state index contributed by atoms with van der Waals surface area (Å²) in [7, 11) is 1.63. The van der Waals surface area contributed by atoms with Gasteiger partial charge in [-0.05, 0) is 18.6 Å². The molecule has 2 aromatic rings. The number of methoxy groups -OCH3 is 1. The van der Waals surface area contributed by atoms with Gasteiger partial charge in [0.1, 0.15) is 23.1 Å². The second kappa shape index (κ2) is 7.26. The lowest BCUT2D eigenvalue weighted by atomic mass is 10.2. The summed E-state index contributed by atoms with van der Waals surface area (Å²) in [6.45, 7) is 2.56. The fraction of sp³-hybridized carbons (Fsp3) is 0.400. The molecule has 0 spiro atoms. The first-order valence-electron chi connectivity index (χ1n) is 6.62. The Morgan fingerprint density at radius 1 is 1.30 bits per heavy atom. The van der Waals surface area contributed by atoms with Crippen molar-refractivity contribution < 1.29 is 14.6 Å².